The number of allylic oxidation sites excluding steroid dienone is 3. The van der Waals surface area contributed by atoms with Gasteiger partial charge in [0.05, 0.1) is 23.7 Å². The summed E-state index contributed by atoms with van der Waals surface area (Å²) in [6.45, 7) is 34.6. The van der Waals surface area contributed by atoms with Gasteiger partial charge in [-0.15, -0.1) is 0 Å². The lowest BCUT2D eigenvalue weighted by Crippen LogP contribution is -2.49. The third-order valence-electron chi connectivity index (χ3n) is 13.3. The molecule has 49 heavy (non-hydrogen) atoms. The smallest absolute Gasteiger partial charge is 0.296 e. The van der Waals surface area contributed by atoms with E-state index in [2.05, 4.69) is 100 Å². The van der Waals surface area contributed by atoms with Gasteiger partial charge in [-0.25, -0.2) is 0 Å². The lowest BCUT2D eigenvalue weighted by Gasteiger charge is -2.46. The molecule has 0 spiro atoms. The van der Waals surface area contributed by atoms with E-state index < -0.39 is 26.8 Å². The van der Waals surface area contributed by atoms with E-state index in [0.717, 1.165) is 43.2 Å². The lowest BCUT2D eigenvalue weighted by molar-refractivity contribution is 0.0760. The van der Waals surface area contributed by atoms with E-state index in [1.165, 1.54) is 18.4 Å². The summed E-state index contributed by atoms with van der Waals surface area (Å²) in [5.74, 6) is 1.08. The van der Waals surface area contributed by atoms with E-state index >= 15 is 0 Å². The SMILES string of the molecule is C=C1[C@@H](O[Si](C)(C)C(C)(C)C)C/C(=C/C=C2\CCC[C@]3(C)[C@@H](C(C)COS(=O)(=O)c4ccc(C)cc4)CC[C@@H]23)C[C@H]1O[Si](C)(C)C(C)(C)C. The molecule has 3 saturated carbocycles. The van der Waals surface area contributed by atoms with Crippen LogP contribution in [0.5, 0.6) is 0 Å². The van der Waals surface area contributed by atoms with Crippen LogP contribution in [-0.2, 0) is 23.2 Å². The van der Waals surface area contributed by atoms with Crippen molar-refractivity contribution in [2.45, 2.75) is 161 Å². The van der Waals surface area contributed by atoms with Gasteiger partial charge in [-0.1, -0.05) is 103 Å². The molecule has 0 amide bonds. The van der Waals surface area contributed by atoms with Crippen molar-refractivity contribution in [1.29, 1.82) is 0 Å². The molecule has 0 saturated heterocycles. The second kappa shape index (κ2) is 14.6. The monoisotopic (exact) mass is 728 g/mol. The van der Waals surface area contributed by atoms with Crippen molar-refractivity contribution >= 4 is 26.8 Å². The highest BCUT2D eigenvalue weighted by Gasteiger charge is 2.51. The van der Waals surface area contributed by atoms with Gasteiger partial charge in [0.1, 0.15) is 0 Å². The molecule has 5 nitrogen and oxygen atoms in total. The van der Waals surface area contributed by atoms with Crippen LogP contribution in [0, 0.1) is 30.1 Å². The maximum Gasteiger partial charge on any atom is 0.296 e. The largest absolute Gasteiger partial charge is 0.410 e. The minimum atomic E-state index is -3.78. The highest BCUT2D eigenvalue weighted by Crippen LogP contribution is 2.59. The first kappa shape index (κ1) is 40.5. The lowest BCUT2D eigenvalue weighted by atomic mass is 9.61. The number of hydrogen-bond acceptors (Lipinski definition) is 5. The predicted molar refractivity (Wildman–Crippen MR) is 210 cm³/mol. The summed E-state index contributed by atoms with van der Waals surface area (Å²) >= 11 is 0. The van der Waals surface area contributed by atoms with E-state index in [-0.39, 0.29) is 45.1 Å². The highest BCUT2D eigenvalue weighted by atomic mass is 32.2. The summed E-state index contributed by atoms with van der Waals surface area (Å²) in [4.78, 5) is 0.233. The normalized spacial score (nSPS) is 29.8. The zero-order valence-corrected chi connectivity index (χ0v) is 36.0. The third kappa shape index (κ3) is 9.02. The first-order chi connectivity index (χ1) is 22.4. The molecule has 6 atom stereocenters. The average molecular weight is 729 g/mol. The number of hydrogen-bond donors (Lipinski definition) is 0. The van der Waals surface area contributed by atoms with E-state index in [9.17, 15) is 8.42 Å². The minimum Gasteiger partial charge on any atom is -0.410 e. The topological polar surface area (TPSA) is 61.8 Å². The molecule has 3 aliphatic carbocycles. The van der Waals surface area contributed by atoms with Crippen LogP contribution in [0.4, 0.5) is 0 Å². The Kier molecular flexibility index (Phi) is 12.1. The van der Waals surface area contributed by atoms with Gasteiger partial charge in [0.25, 0.3) is 10.1 Å². The summed E-state index contributed by atoms with van der Waals surface area (Å²) in [6, 6.07) is 6.92. The minimum absolute atomic E-state index is 0.0291. The van der Waals surface area contributed by atoms with E-state index in [0.29, 0.717) is 11.8 Å². The Labute approximate surface area is 302 Å². The average Bonchev–Trinajstić information content (AvgIpc) is 3.33. The Hall–Kier alpha value is -1.30. The fourth-order valence-corrected chi connectivity index (χ4v) is 11.6. The second-order valence-corrected chi connectivity index (χ2v) is 30.0. The highest BCUT2D eigenvalue weighted by molar-refractivity contribution is 7.86. The van der Waals surface area contributed by atoms with Crippen molar-refractivity contribution in [2.75, 3.05) is 6.61 Å². The van der Waals surface area contributed by atoms with Crippen molar-refractivity contribution in [2.24, 2.45) is 23.2 Å². The molecule has 276 valence electrons. The van der Waals surface area contributed by atoms with Gasteiger partial charge in [0, 0.05) is 0 Å². The van der Waals surface area contributed by atoms with Crippen molar-refractivity contribution in [3.8, 4) is 0 Å². The van der Waals surface area contributed by atoms with Crippen LogP contribution in [0.15, 0.2) is 64.6 Å². The molecule has 8 heteroatoms. The first-order valence-electron chi connectivity index (χ1n) is 18.8. The Bertz CT molecular complexity index is 1470. The Balaban J connectivity index is 1.54. The van der Waals surface area contributed by atoms with Gasteiger partial charge in [-0.05, 0) is 129 Å². The van der Waals surface area contributed by atoms with Gasteiger partial charge < -0.3 is 8.85 Å². The molecule has 4 rings (SSSR count). The number of aryl methyl sites for hydroxylation is 1. The Morgan fingerprint density at radius 2 is 1.45 bits per heavy atom. The van der Waals surface area contributed by atoms with Crippen molar-refractivity contribution in [1.82, 2.24) is 0 Å². The van der Waals surface area contributed by atoms with Crippen LogP contribution in [0.25, 0.3) is 0 Å². The van der Waals surface area contributed by atoms with E-state index in [1.807, 2.05) is 19.1 Å². The zero-order valence-electron chi connectivity index (χ0n) is 33.2. The third-order valence-corrected chi connectivity index (χ3v) is 23.5. The fraction of sp³-hybridized carbons (Fsp3) is 0.707. The second-order valence-electron chi connectivity index (χ2n) is 18.9. The molecule has 3 fully saturated rings. The quantitative estimate of drug-likeness (QED) is 0.136. The first-order valence-corrected chi connectivity index (χ1v) is 26.0. The van der Waals surface area contributed by atoms with Crippen molar-refractivity contribution in [3.63, 3.8) is 0 Å². The molecule has 0 heterocycles. The van der Waals surface area contributed by atoms with Gasteiger partial charge >= 0.3 is 0 Å². The van der Waals surface area contributed by atoms with Gasteiger partial charge in [-0.3, -0.25) is 4.18 Å². The van der Waals surface area contributed by atoms with E-state index in [4.69, 9.17) is 13.0 Å². The predicted octanol–water partition coefficient (Wildman–Crippen LogP) is 11.5. The molecule has 0 bridgehead atoms. The van der Waals surface area contributed by atoms with Gasteiger partial charge in [-0.2, -0.15) is 8.42 Å². The van der Waals surface area contributed by atoms with E-state index in [1.54, 1.807) is 17.7 Å². The van der Waals surface area contributed by atoms with Crippen LogP contribution in [0.3, 0.4) is 0 Å². The molecule has 0 aliphatic heterocycles. The molecule has 1 aromatic rings. The molecule has 1 unspecified atom stereocenters. The van der Waals surface area contributed by atoms with Gasteiger partial charge in [0.15, 0.2) is 16.6 Å². The van der Waals surface area contributed by atoms with Crippen LogP contribution < -0.4 is 0 Å². The number of fused-ring (bicyclic) bond motifs is 1. The summed E-state index contributed by atoms with van der Waals surface area (Å²) in [5.41, 5.74) is 5.24. The summed E-state index contributed by atoms with van der Waals surface area (Å²) in [6.07, 6.45) is 12.3. The molecule has 1 aromatic carbocycles. The molecule has 0 N–H and O–H groups in total. The van der Waals surface area contributed by atoms with Crippen LogP contribution in [0.2, 0.25) is 36.3 Å². The summed E-state index contributed by atoms with van der Waals surface area (Å²) in [5, 5.41) is 0.232. The number of benzene rings is 1. The Morgan fingerprint density at radius 1 is 0.918 bits per heavy atom. The fourth-order valence-electron chi connectivity index (χ4n) is 7.99. The van der Waals surface area contributed by atoms with Crippen LogP contribution >= 0.6 is 0 Å². The molecular weight excluding hydrogens is 661 g/mol. The van der Waals surface area contributed by atoms with Gasteiger partial charge in [0.2, 0.25) is 0 Å². The zero-order chi connectivity index (χ0) is 36.8. The molecular formula is C41H68O5SSi2. The van der Waals surface area contributed by atoms with Crippen molar-refractivity contribution in [3.05, 3.63) is 65.3 Å². The Morgan fingerprint density at radius 3 is 1.96 bits per heavy atom. The maximum atomic E-state index is 13.0. The van der Waals surface area contributed by atoms with Crippen molar-refractivity contribution < 1.29 is 21.5 Å². The van der Waals surface area contributed by atoms with Crippen LogP contribution in [-0.4, -0.2) is 43.9 Å². The summed E-state index contributed by atoms with van der Waals surface area (Å²) < 4.78 is 45.8. The molecule has 3 aliphatic rings. The molecule has 0 radical (unpaired) electrons. The number of rotatable bonds is 10. The maximum absolute atomic E-state index is 13.0. The summed E-state index contributed by atoms with van der Waals surface area (Å²) in [7, 11) is -7.83. The molecule has 0 aromatic heterocycles. The standard InChI is InChI=1S/C41H68O5SSi2/c1-29-17-21-34(22-18-29)47(42,43)44-28-30(2)35-23-24-36-33(16-15-25-41(35,36)10)20-19-32-26-37(45-48(11,12)39(4,5)6)31(3)38(27-32)46-49(13,14)40(7,8)9/h17-22,30,35-38H,3,15-16,23-28H2,1-2,4-14H3/b32-19-,33-20+/t30?,35-,36+,37+,38-,41-/m1/s1. The van der Waals surface area contributed by atoms with Crippen LogP contribution in [0.1, 0.15) is 106 Å².